The second-order valence-corrected chi connectivity index (χ2v) is 5.88. The van der Waals surface area contributed by atoms with Crippen LogP contribution in [0.25, 0.3) is 0 Å². The Morgan fingerprint density at radius 1 is 1.14 bits per heavy atom. The van der Waals surface area contributed by atoms with Crippen molar-refractivity contribution in [3.8, 4) is 0 Å². The van der Waals surface area contributed by atoms with Gasteiger partial charge in [-0.25, -0.2) is 4.98 Å². The number of aryl methyl sites for hydroxylation is 1. The first kappa shape index (κ1) is 16.0. The standard InChI is InChI=1S/C18H23N3O/c1-13(2)10-19-16-8-9-17(20-12-16)18(22)21-11-15-6-4-14(3)5-7-15/h4-9,12-13,19H,10-11H2,1-3H3,(H,21,22). The number of nitrogens with zero attached hydrogens (tertiary/aromatic N) is 1. The summed E-state index contributed by atoms with van der Waals surface area (Å²) in [6.45, 7) is 7.73. The van der Waals surface area contributed by atoms with Gasteiger partial charge in [0.05, 0.1) is 11.9 Å². The molecule has 0 saturated heterocycles. The molecule has 1 amide bonds. The molecule has 0 fully saturated rings. The van der Waals surface area contributed by atoms with Gasteiger partial charge in [-0.15, -0.1) is 0 Å². The van der Waals surface area contributed by atoms with Crippen LogP contribution in [0.1, 0.15) is 35.5 Å². The van der Waals surface area contributed by atoms with Crippen LogP contribution in [0.3, 0.4) is 0 Å². The molecular weight excluding hydrogens is 274 g/mol. The first-order valence-corrected chi connectivity index (χ1v) is 7.58. The molecule has 0 spiro atoms. The fourth-order valence-electron chi connectivity index (χ4n) is 1.93. The highest BCUT2D eigenvalue weighted by atomic mass is 16.1. The molecule has 0 aliphatic carbocycles. The number of amides is 1. The summed E-state index contributed by atoms with van der Waals surface area (Å²) in [6, 6.07) is 11.7. The number of rotatable bonds is 6. The van der Waals surface area contributed by atoms with E-state index in [0.717, 1.165) is 17.8 Å². The van der Waals surface area contributed by atoms with Crippen molar-refractivity contribution < 1.29 is 4.79 Å². The molecule has 0 unspecified atom stereocenters. The molecule has 0 aliphatic rings. The monoisotopic (exact) mass is 297 g/mol. The number of carbonyl (C=O) groups excluding carboxylic acids is 1. The topological polar surface area (TPSA) is 54.0 Å². The van der Waals surface area contributed by atoms with Gasteiger partial charge in [-0.05, 0) is 30.5 Å². The second-order valence-electron chi connectivity index (χ2n) is 5.88. The molecule has 2 aromatic rings. The van der Waals surface area contributed by atoms with Gasteiger partial charge >= 0.3 is 0 Å². The van der Waals surface area contributed by atoms with Gasteiger partial charge < -0.3 is 10.6 Å². The smallest absolute Gasteiger partial charge is 0.270 e. The fourth-order valence-corrected chi connectivity index (χ4v) is 1.93. The molecule has 4 heteroatoms. The van der Waals surface area contributed by atoms with E-state index in [1.165, 1.54) is 5.56 Å². The van der Waals surface area contributed by atoms with Crippen LogP contribution in [-0.4, -0.2) is 17.4 Å². The molecule has 2 N–H and O–H groups in total. The Hall–Kier alpha value is -2.36. The van der Waals surface area contributed by atoms with Crippen LogP contribution in [0.5, 0.6) is 0 Å². The van der Waals surface area contributed by atoms with Crippen molar-refractivity contribution in [1.29, 1.82) is 0 Å². The molecule has 22 heavy (non-hydrogen) atoms. The van der Waals surface area contributed by atoms with Gasteiger partial charge in [-0.3, -0.25) is 4.79 Å². The molecule has 0 atom stereocenters. The van der Waals surface area contributed by atoms with E-state index in [1.807, 2.05) is 37.3 Å². The summed E-state index contributed by atoms with van der Waals surface area (Å²) in [4.78, 5) is 16.3. The summed E-state index contributed by atoms with van der Waals surface area (Å²) < 4.78 is 0. The molecule has 1 aromatic heterocycles. The Morgan fingerprint density at radius 3 is 2.45 bits per heavy atom. The van der Waals surface area contributed by atoms with Crippen molar-refractivity contribution in [2.24, 2.45) is 5.92 Å². The van der Waals surface area contributed by atoms with E-state index in [1.54, 1.807) is 12.3 Å². The highest BCUT2D eigenvalue weighted by Crippen LogP contribution is 2.08. The minimum absolute atomic E-state index is 0.156. The number of nitrogens with one attached hydrogen (secondary N) is 2. The zero-order valence-electron chi connectivity index (χ0n) is 13.4. The number of pyridine rings is 1. The average molecular weight is 297 g/mol. The van der Waals surface area contributed by atoms with Crippen LogP contribution >= 0.6 is 0 Å². The summed E-state index contributed by atoms with van der Waals surface area (Å²) in [5, 5.41) is 6.16. The number of benzene rings is 1. The van der Waals surface area contributed by atoms with Crippen LogP contribution in [-0.2, 0) is 6.54 Å². The first-order chi connectivity index (χ1) is 10.5. The van der Waals surface area contributed by atoms with Gasteiger partial charge in [-0.2, -0.15) is 0 Å². The van der Waals surface area contributed by atoms with Crippen molar-refractivity contribution >= 4 is 11.6 Å². The summed E-state index contributed by atoms with van der Waals surface area (Å²) in [5.74, 6) is 0.411. The van der Waals surface area contributed by atoms with Gasteiger partial charge in [-0.1, -0.05) is 43.7 Å². The molecule has 0 bridgehead atoms. The van der Waals surface area contributed by atoms with Crippen molar-refractivity contribution in [3.63, 3.8) is 0 Å². The van der Waals surface area contributed by atoms with Crippen molar-refractivity contribution in [2.45, 2.75) is 27.3 Å². The normalized spacial score (nSPS) is 10.5. The number of hydrogen-bond acceptors (Lipinski definition) is 3. The quantitative estimate of drug-likeness (QED) is 0.859. The highest BCUT2D eigenvalue weighted by Gasteiger charge is 2.07. The molecule has 0 saturated carbocycles. The maximum atomic E-state index is 12.1. The van der Waals surface area contributed by atoms with Crippen molar-refractivity contribution in [3.05, 3.63) is 59.4 Å². The van der Waals surface area contributed by atoms with Crippen LogP contribution in [0.4, 0.5) is 5.69 Å². The van der Waals surface area contributed by atoms with Gasteiger partial charge in [0.1, 0.15) is 5.69 Å². The third kappa shape index (κ3) is 4.88. The molecule has 1 aromatic carbocycles. The van der Waals surface area contributed by atoms with E-state index in [9.17, 15) is 4.79 Å². The molecule has 2 rings (SSSR count). The van der Waals surface area contributed by atoms with Gasteiger partial charge in [0, 0.05) is 13.1 Å². The second kappa shape index (κ2) is 7.59. The summed E-state index contributed by atoms with van der Waals surface area (Å²) in [6.07, 6.45) is 1.70. The van der Waals surface area contributed by atoms with Gasteiger partial charge in [0.15, 0.2) is 0 Å². The van der Waals surface area contributed by atoms with Gasteiger partial charge in [0.2, 0.25) is 0 Å². The third-order valence-corrected chi connectivity index (χ3v) is 3.28. The summed E-state index contributed by atoms with van der Waals surface area (Å²) in [5.41, 5.74) is 3.65. The Bertz CT molecular complexity index is 603. The Morgan fingerprint density at radius 2 is 1.86 bits per heavy atom. The predicted molar refractivity (Wildman–Crippen MR) is 89.9 cm³/mol. The minimum Gasteiger partial charge on any atom is -0.384 e. The first-order valence-electron chi connectivity index (χ1n) is 7.58. The van der Waals surface area contributed by atoms with Crippen LogP contribution < -0.4 is 10.6 Å². The van der Waals surface area contributed by atoms with E-state index in [0.29, 0.717) is 18.2 Å². The molecule has 1 heterocycles. The Labute approximate surface area is 132 Å². The SMILES string of the molecule is Cc1ccc(CNC(=O)c2ccc(NCC(C)C)cn2)cc1. The lowest BCUT2D eigenvalue weighted by Crippen LogP contribution is -2.23. The van der Waals surface area contributed by atoms with Gasteiger partial charge in [0.25, 0.3) is 5.91 Å². The average Bonchev–Trinajstić information content (AvgIpc) is 2.52. The van der Waals surface area contributed by atoms with Crippen LogP contribution in [0, 0.1) is 12.8 Å². The van der Waals surface area contributed by atoms with Crippen molar-refractivity contribution in [2.75, 3.05) is 11.9 Å². The van der Waals surface area contributed by atoms with E-state index >= 15 is 0 Å². The highest BCUT2D eigenvalue weighted by molar-refractivity contribution is 5.92. The van der Waals surface area contributed by atoms with E-state index < -0.39 is 0 Å². The largest absolute Gasteiger partial charge is 0.384 e. The maximum Gasteiger partial charge on any atom is 0.270 e. The Balaban J connectivity index is 1.88. The number of carbonyl (C=O) groups is 1. The molecule has 116 valence electrons. The third-order valence-electron chi connectivity index (χ3n) is 3.28. The minimum atomic E-state index is -0.156. The van der Waals surface area contributed by atoms with Crippen LogP contribution in [0.15, 0.2) is 42.6 Å². The zero-order valence-corrected chi connectivity index (χ0v) is 13.4. The number of hydrogen-bond donors (Lipinski definition) is 2. The molecular formula is C18H23N3O. The van der Waals surface area contributed by atoms with Crippen LogP contribution in [0.2, 0.25) is 0 Å². The predicted octanol–water partition coefficient (Wildman–Crippen LogP) is 3.39. The van der Waals surface area contributed by atoms with E-state index in [-0.39, 0.29) is 5.91 Å². The molecule has 0 aliphatic heterocycles. The summed E-state index contributed by atoms with van der Waals surface area (Å²) in [7, 11) is 0. The lowest BCUT2D eigenvalue weighted by Gasteiger charge is -2.09. The zero-order chi connectivity index (χ0) is 15.9. The number of anilines is 1. The summed E-state index contributed by atoms with van der Waals surface area (Å²) >= 11 is 0. The van der Waals surface area contributed by atoms with Crippen molar-refractivity contribution in [1.82, 2.24) is 10.3 Å². The van der Waals surface area contributed by atoms with E-state index in [4.69, 9.17) is 0 Å². The lowest BCUT2D eigenvalue weighted by atomic mass is 10.1. The Kier molecular flexibility index (Phi) is 5.53. The van der Waals surface area contributed by atoms with E-state index in [2.05, 4.69) is 29.5 Å². The number of aromatic nitrogens is 1. The fraction of sp³-hybridized carbons (Fsp3) is 0.333. The maximum absolute atomic E-state index is 12.1. The molecule has 0 radical (unpaired) electrons. The lowest BCUT2D eigenvalue weighted by molar-refractivity contribution is 0.0946. The molecule has 4 nitrogen and oxygen atoms in total.